The van der Waals surface area contributed by atoms with Crippen LogP contribution < -0.4 is 16.0 Å². The van der Waals surface area contributed by atoms with Crippen molar-refractivity contribution in [1.29, 1.82) is 0 Å². The molecule has 0 saturated carbocycles. The number of hydrogen-bond donors (Lipinski definition) is 4. The number of aromatic hydroxyl groups is 1. The van der Waals surface area contributed by atoms with Crippen LogP contribution in [0.4, 0.5) is 0 Å². The summed E-state index contributed by atoms with van der Waals surface area (Å²) < 4.78 is 1.90. The van der Waals surface area contributed by atoms with Gasteiger partial charge in [0.1, 0.15) is 5.75 Å². The van der Waals surface area contributed by atoms with E-state index in [1.165, 1.54) is 17.7 Å². The van der Waals surface area contributed by atoms with E-state index in [4.69, 9.17) is 4.99 Å². The van der Waals surface area contributed by atoms with Gasteiger partial charge in [0.05, 0.1) is 13.1 Å². The third-order valence-electron chi connectivity index (χ3n) is 4.80. The molecule has 0 aliphatic heterocycles. The molecule has 0 unspecified atom stereocenters. The molecular formula is C24H30N6O2. The first-order chi connectivity index (χ1) is 15.7. The minimum atomic E-state index is -0.199. The number of rotatable bonds is 10. The Morgan fingerprint density at radius 2 is 1.84 bits per heavy atom. The number of aromatic nitrogens is 2. The number of phenolic OH excluding ortho intramolecular Hbond substituents is 1. The van der Waals surface area contributed by atoms with E-state index in [2.05, 4.69) is 33.2 Å². The Hall–Kier alpha value is -3.81. The van der Waals surface area contributed by atoms with Crippen molar-refractivity contribution < 1.29 is 9.90 Å². The van der Waals surface area contributed by atoms with E-state index in [0.29, 0.717) is 31.7 Å². The van der Waals surface area contributed by atoms with Crippen LogP contribution in [0.5, 0.6) is 5.75 Å². The van der Waals surface area contributed by atoms with Gasteiger partial charge >= 0.3 is 0 Å². The maximum atomic E-state index is 12.1. The van der Waals surface area contributed by atoms with Gasteiger partial charge in [-0.05, 0) is 48.7 Å². The van der Waals surface area contributed by atoms with Crippen molar-refractivity contribution in [2.24, 2.45) is 4.99 Å². The molecule has 1 aromatic heterocycles. The molecule has 0 aliphatic carbocycles. The summed E-state index contributed by atoms with van der Waals surface area (Å²) in [5.41, 5.74) is 2.78. The van der Waals surface area contributed by atoms with Gasteiger partial charge in [-0.25, -0.2) is 4.99 Å². The van der Waals surface area contributed by atoms with Crippen LogP contribution in [0.1, 0.15) is 34.8 Å². The molecule has 4 N–H and O–H groups in total. The monoisotopic (exact) mass is 434 g/mol. The first-order valence-corrected chi connectivity index (χ1v) is 10.8. The molecule has 32 heavy (non-hydrogen) atoms. The van der Waals surface area contributed by atoms with Gasteiger partial charge in [-0.2, -0.15) is 5.10 Å². The Labute approximate surface area is 188 Å². The molecule has 8 nitrogen and oxygen atoms in total. The standard InChI is InChI=1S/C24H30N6O2/c1-2-25-24(27-13-6-12-26-23(32)19-10-5-11-22(31)16-19)28-17-20-8-3-4-9-21(20)18-30-15-7-14-29-30/h3-5,7-11,14-16,31H,2,6,12-13,17-18H2,1H3,(H,26,32)(H2,25,27,28). The molecule has 168 valence electrons. The first kappa shape index (κ1) is 22.9. The number of nitrogens with one attached hydrogen (secondary N) is 3. The lowest BCUT2D eigenvalue weighted by molar-refractivity contribution is 0.0953. The zero-order chi connectivity index (χ0) is 22.6. The molecule has 0 fully saturated rings. The van der Waals surface area contributed by atoms with E-state index in [1.54, 1.807) is 18.3 Å². The molecular weight excluding hydrogens is 404 g/mol. The predicted molar refractivity (Wildman–Crippen MR) is 126 cm³/mol. The summed E-state index contributed by atoms with van der Waals surface area (Å²) >= 11 is 0. The number of benzene rings is 2. The van der Waals surface area contributed by atoms with Crippen molar-refractivity contribution in [1.82, 2.24) is 25.7 Å². The number of amides is 1. The molecule has 0 atom stereocenters. The average molecular weight is 435 g/mol. The van der Waals surface area contributed by atoms with E-state index in [-0.39, 0.29) is 11.7 Å². The van der Waals surface area contributed by atoms with Crippen LogP contribution in [-0.4, -0.2) is 46.4 Å². The van der Waals surface area contributed by atoms with Gasteiger partial charge in [0.15, 0.2) is 5.96 Å². The highest BCUT2D eigenvalue weighted by Gasteiger charge is 2.06. The van der Waals surface area contributed by atoms with Crippen molar-refractivity contribution in [3.8, 4) is 5.75 Å². The molecule has 8 heteroatoms. The van der Waals surface area contributed by atoms with E-state index >= 15 is 0 Å². The zero-order valence-electron chi connectivity index (χ0n) is 18.3. The Morgan fingerprint density at radius 1 is 1.03 bits per heavy atom. The van der Waals surface area contributed by atoms with E-state index < -0.39 is 0 Å². The van der Waals surface area contributed by atoms with Crippen molar-refractivity contribution in [2.45, 2.75) is 26.4 Å². The van der Waals surface area contributed by atoms with Gasteiger partial charge in [-0.15, -0.1) is 0 Å². The van der Waals surface area contributed by atoms with Gasteiger partial charge in [-0.1, -0.05) is 30.3 Å². The second kappa shape index (κ2) is 12.1. The molecule has 3 aromatic rings. The molecule has 0 bridgehead atoms. The molecule has 2 aromatic carbocycles. The van der Waals surface area contributed by atoms with Crippen LogP contribution in [0.25, 0.3) is 0 Å². The lowest BCUT2D eigenvalue weighted by Crippen LogP contribution is -2.38. The van der Waals surface area contributed by atoms with E-state index in [9.17, 15) is 9.90 Å². The maximum Gasteiger partial charge on any atom is 0.251 e. The number of carbonyl (C=O) groups is 1. The smallest absolute Gasteiger partial charge is 0.251 e. The molecule has 0 spiro atoms. The normalized spacial score (nSPS) is 11.2. The molecule has 0 aliphatic rings. The number of aliphatic imine (C=N–C) groups is 1. The van der Waals surface area contributed by atoms with Crippen molar-refractivity contribution in [2.75, 3.05) is 19.6 Å². The van der Waals surface area contributed by atoms with Crippen LogP contribution >= 0.6 is 0 Å². The average Bonchev–Trinajstić information content (AvgIpc) is 3.31. The predicted octanol–water partition coefficient (Wildman–Crippen LogP) is 2.51. The second-order valence-corrected chi connectivity index (χ2v) is 7.25. The third-order valence-corrected chi connectivity index (χ3v) is 4.80. The lowest BCUT2D eigenvalue weighted by Gasteiger charge is -2.13. The fourth-order valence-corrected chi connectivity index (χ4v) is 3.19. The van der Waals surface area contributed by atoms with Gasteiger partial charge in [0.2, 0.25) is 0 Å². The number of hydrogen-bond acceptors (Lipinski definition) is 4. The largest absolute Gasteiger partial charge is 0.508 e. The number of guanidine groups is 1. The minimum absolute atomic E-state index is 0.0806. The Balaban J connectivity index is 1.47. The Morgan fingerprint density at radius 3 is 2.59 bits per heavy atom. The summed E-state index contributed by atoms with van der Waals surface area (Å²) in [6.45, 7) is 5.24. The van der Waals surface area contributed by atoms with E-state index in [0.717, 1.165) is 24.5 Å². The van der Waals surface area contributed by atoms with Crippen molar-refractivity contribution in [3.63, 3.8) is 0 Å². The fourth-order valence-electron chi connectivity index (χ4n) is 3.19. The number of phenols is 1. The van der Waals surface area contributed by atoms with Crippen LogP contribution in [0.15, 0.2) is 72.0 Å². The zero-order valence-corrected chi connectivity index (χ0v) is 18.3. The molecule has 1 amide bonds. The van der Waals surface area contributed by atoms with Gasteiger partial charge in [0.25, 0.3) is 5.91 Å². The van der Waals surface area contributed by atoms with E-state index in [1.807, 2.05) is 36.0 Å². The summed E-state index contributed by atoms with van der Waals surface area (Å²) in [5, 5.41) is 23.2. The Bertz CT molecular complexity index is 1020. The van der Waals surface area contributed by atoms with Crippen molar-refractivity contribution >= 4 is 11.9 Å². The van der Waals surface area contributed by atoms with Crippen LogP contribution in [-0.2, 0) is 13.1 Å². The first-order valence-electron chi connectivity index (χ1n) is 10.8. The topological polar surface area (TPSA) is 104 Å². The Kier molecular flexibility index (Phi) is 8.68. The fraction of sp³-hybridized carbons (Fsp3) is 0.292. The van der Waals surface area contributed by atoms with Crippen molar-refractivity contribution in [3.05, 3.63) is 83.7 Å². The quantitative estimate of drug-likeness (QED) is 0.223. The maximum absolute atomic E-state index is 12.1. The lowest BCUT2D eigenvalue weighted by atomic mass is 10.1. The highest BCUT2D eigenvalue weighted by molar-refractivity contribution is 5.94. The highest BCUT2D eigenvalue weighted by Crippen LogP contribution is 2.12. The number of carbonyl (C=O) groups excluding carboxylic acids is 1. The van der Waals surface area contributed by atoms with Crippen LogP contribution in [0, 0.1) is 0 Å². The summed E-state index contributed by atoms with van der Waals surface area (Å²) in [4.78, 5) is 16.8. The van der Waals surface area contributed by atoms with Crippen LogP contribution in [0.2, 0.25) is 0 Å². The molecule has 3 rings (SSSR count). The summed E-state index contributed by atoms with van der Waals surface area (Å²) in [5.74, 6) is 0.618. The second-order valence-electron chi connectivity index (χ2n) is 7.25. The summed E-state index contributed by atoms with van der Waals surface area (Å²) in [6.07, 6.45) is 4.47. The van der Waals surface area contributed by atoms with Crippen LogP contribution in [0.3, 0.4) is 0 Å². The number of nitrogens with zero attached hydrogens (tertiary/aromatic N) is 3. The third kappa shape index (κ3) is 7.16. The molecule has 1 heterocycles. The summed E-state index contributed by atoms with van der Waals surface area (Å²) in [6, 6.07) is 16.5. The molecule has 0 saturated heterocycles. The minimum Gasteiger partial charge on any atom is -0.508 e. The van der Waals surface area contributed by atoms with Gasteiger partial charge in [0, 0.05) is 37.6 Å². The SMILES string of the molecule is CCNC(=NCc1ccccc1Cn1cccn1)NCCCNC(=O)c1cccc(O)c1. The molecule has 0 radical (unpaired) electrons. The highest BCUT2D eigenvalue weighted by atomic mass is 16.3. The summed E-state index contributed by atoms with van der Waals surface area (Å²) in [7, 11) is 0. The van der Waals surface area contributed by atoms with Gasteiger partial charge in [-0.3, -0.25) is 9.48 Å². The van der Waals surface area contributed by atoms with Gasteiger partial charge < -0.3 is 21.1 Å².